The standard InChI is InChI=1S/C13H17FO/c1-7-5-9-11(8(2)12(7)14)10(15)6-13(9,3)4/h5,10,15H,6H2,1-4H3. The van der Waals surface area contributed by atoms with Crippen molar-refractivity contribution in [1.82, 2.24) is 0 Å². The first-order valence-corrected chi connectivity index (χ1v) is 5.33. The SMILES string of the molecule is Cc1cc2c(c(C)c1F)C(O)CC2(C)C. The Morgan fingerprint density at radius 3 is 2.60 bits per heavy atom. The highest BCUT2D eigenvalue weighted by molar-refractivity contribution is 5.48. The Morgan fingerprint density at radius 2 is 2.00 bits per heavy atom. The van der Waals surface area contributed by atoms with Gasteiger partial charge in [0.25, 0.3) is 0 Å². The van der Waals surface area contributed by atoms with E-state index in [4.69, 9.17) is 0 Å². The van der Waals surface area contributed by atoms with Gasteiger partial charge >= 0.3 is 0 Å². The summed E-state index contributed by atoms with van der Waals surface area (Å²) in [6.45, 7) is 7.73. The van der Waals surface area contributed by atoms with E-state index in [9.17, 15) is 9.50 Å². The number of aliphatic hydroxyl groups is 1. The summed E-state index contributed by atoms with van der Waals surface area (Å²) >= 11 is 0. The fraction of sp³-hybridized carbons (Fsp3) is 0.538. The molecule has 1 aliphatic rings. The van der Waals surface area contributed by atoms with Crippen LogP contribution in [0.5, 0.6) is 0 Å². The van der Waals surface area contributed by atoms with Gasteiger partial charge in [0, 0.05) is 0 Å². The summed E-state index contributed by atoms with van der Waals surface area (Å²) < 4.78 is 13.7. The van der Waals surface area contributed by atoms with Gasteiger partial charge < -0.3 is 5.11 Å². The average Bonchev–Trinajstić information content (AvgIpc) is 2.33. The van der Waals surface area contributed by atoms with Gasteiger partial charge in [-0.05, 0) is 47.9 Å². The first kappa shape index (κ1) is 10.6. The lowest BCUT2D eigenvalue weighted by molar-refractivity contribution is 0.161. The molecule has 0 amide bonds. The van der Waals surface area contributed by atoms with E-state index in [-0.39, 0.29) is 11.2 Å². The predicted octanol–water partition coefficient (Wildman–Crippen LogP) is 3.16. The molecule has 1 unspecified atom stereocenters. The molecule has 0 saturated carbocycles. The van der Waals surface area contributed by atoms with Crippen molar-refractivity contribution in [3.05, 3.63) is 34.1 Å². The second-order valence-corrected chi connectivity index (χ2v) is 5.20. The fourth-order valence-corrected chi connectivity index (χ4v) is 2.66. The number of halogens is 1. The van der Waals surface area contributed by atoms with E-state index in [0.29, 0.717) is 17.5 Å². The van der Waals surface area contributed by atoms with Crippen molar-refractivity contribution < 1.29 is 9.50 Å². The van der Waals surface area contributed by atoms with E-state index < -0.39 is 6.10 Å². The van der Waals surface area contributed by atoms with Crippen molar-refractivity contribution >= 4 is 0 Å². The van der Waals surface area contributed by atoms with E-state index in [2.05, 4.69) is 13.8 Å². The minimum Gasteiger partial charge on any atom is -0.388 e. The second-order valence-electron chi connectivity index (χ2n) is 5.20. The molecule has 0 aliphatic heterocycles. The van der Waals surface area contributed by atoms with Crippen LogP contribution in [-0.2, 0) is 5.41 Å². The number of aryl methyl sites for hydroxylation is 1. The molecule has 1 atom stereocenters. The van der Waals surface area contributed by atoms with E-state index in [1.165, 1.54) is 0 Å². The summed E-state index contributed by atoms with van der Waals surface area (Å²) in [5.74, 6) is -0.175. The Kier molecular flexibility index (Phi) is 2.16. The third kappa shape index (κ3) is 1.39. The highest BCUT2D eigenvalue weighted by atomic mass is 19.1. The Bertz CT molecular complexity index is 421. The van der Waals surface area contributed by atoms with Gasteiger partial charge in [-0.2, -0.15) is 0 Å². The molecule has 0 radical (unpaired) electrons. The molecule has 1 nitrogen and oxygen atoms in total. The van der Waals surface area contributed by atoms with Crippen LogP contribution in [0.15, 0.2) is 6.07 Å². The molecule has 1 N–H and O–H groups in total. The van der Waals surface area contributed by atoms with Gasteiger partial charge in [-0.25, -0.2) is 4.39 Å². The summed E-state index contributed by atoms with van der Waals surface area (Å²) in [5.41, 5.74) is 3.16. The lowest BCUT2D eigenvalue weighted by Gasteiger charge is -2.19. The monoisotopic (exact) mass is 208 g/mol. The maximum absolute atomic E-state index is 13.7. The number of rotatable bonds is 0. The van der Waals surface area contributed by atoms with Crippen LogP contribution in [0.25, 0.3) is 0 Å². The Morgan fingerprint density at radius 1 is 1.40 bits per heavy atom. The summed E-state index contributed by atoms with van der Waals surface area (Å²) in [7, 11) is 0. The topological polar surface area (TPSA) is 20.2 Å². The molecule has 2 heteroatoms. The average molecular weight is 208 g/mol. The van der Waals surface area contributed by atoms with Gasteiger partial charge in [-0.15, -0.1) is 0 Å². The maximum Gasteiger partial charge on any atom is 0.129 e. The molecule has 0 spiro atoms. The highest BCUT2D eigenvalue weighted by Crippen LogP contribution is 2.46. The summed E-state index contributed by atoms with van der Waals surface area (Å²) in [4.78, 5) is 0. The molecular formula is C13H17FO. The van der Waals surface area contributed by atoms with Crippen LogP contribution >= 0.6 is 0 Å². The predicted molar refractivity (Wildman–Crippen MR) is 58.5 cm³/mol. The number of fused-ring (bicyclic) bond motifs is 1. The van der Waals surface area contributed by atoms with E-state index in [0.717, 1.165) is 11.1 Å². The summed E-state index contributed by atoms with van der Waals surface area (Å²) in [6.07, 6.45) is 0.177. The van der Waals surface area contributed by atoms with Gasteiger partial charge in [0.05, 0.1) is 6.10 Å². The minimum absolute atomic E-state index is 0.0437. The van der Waals surface area contributed by atoms with Crippen molar-refractivity contribution in [2.24, 2.45) is 0 Å². The van der Waals surface area contributed by atoms with E-state index in [1.807, 2.05) is 6.07 Å². The van der Waals surface area contributed by atoms with E-state index in [1.54, 1.807) is 13.8 Å². The molecule has 0 heterocycles. The van der Waals surface area contributed by atoms with Gasteiger partial charge in [-0.3, -0.25) is 0 Å². The van der Waals surface area contributed by atoms with E-state index >= 15 is 0 Å². The largest absolute Gasteiger partial charge is 0.388 e. The molecule has 1 aliphatic carbocycles. The molecular weight excluding hydrogens is 191 g/mol. The smallest absolute Gasteiger partial charge is 0.129 e. The summed E-state index contributed by atoms with van der Waals surface area (Å²) in [6, 6.07) is 1.88. The zero-order valence-corrected chi connectivity index (χ0v) is 9.69. The van der Waals surface area contributed by atoms with Crippen LogP contribution in [-0.4, -0.2) is 5.11 Å². The Labute approximate surface area is 89.9 Å². The van der Waals surface area contributed by atoms with Crippen molar-refractivity contribution in [3.63, 3.8) is 0 Å². The third-order valence-corrected chi connectivity index (χ3v) is 3.50. The molecule has 1 aromatic rings. The quantitative estimate of drug-likeness (QED) is 0.694. The molecule has 0 saturated heterocycles. The van der Waals surface area contributed by atoms with Gasteiger partial charge in [0.2, 0.25) is 0 Å². The number of aliphatic hydroxyl groups excluding tert-OH is 1. The van der Waals surface area contributed by atoms with Crippen molar-refractivity contribution in [3.8, 4) is 0 Å². The molecule has 1 aromatic carbocycles. The number of hydrogen-bond acceptors (Lipinski definition) is 1. The molecule has 2 rings (SSSR count). The van der Waals surface area contributed by atoms with Crippen LogP contribution in [0, 0.1) is 19.7 Å². The highest BCUT2D eigenvalue weighted by Gasteiger charge is 2.38. The molecule has 82 valence electrons. The number of hydrogen-bond donors (Lipinski definition) is 1. The maximum atomic E-state index is 13.7. The molecule has 0 bridgehead atoms. The Balaban J connectivity index is 2.75. The van der Waals surface area contributed by atoms with Crippen LogP contribution in [0.1, 0.15) is 48.6 Å². The van der Waals surface area contributed by atoms with Crippen molar-refractivity contribution in [1.29, 1.82) is 0 Å². The van der Waals surface area contributed by atoms with Crippen LogP contribution in [0.3, 0.4) is 0 Å². The van der Waals surface area contributed by atoms with Crippen LogP contribution in [0.2, 0.25) is 0 Å². The molecule has 15 heavy (non-hydrogen) atoms. The van der Waals surface area contributed by atoms with Gasteiger partial charge in [0.15, 0.2) is 0 Å². The summed E-state index contributed by atoms with van der Waals surface area (Å²) in [5, 5.41) is 9.95. The van der Waals surface area contributed by atoms with Gasteiger partial charge in [0.1, 0.15) is 5.82 Å². The Hall–Kier alpha value is -0.890. The lowest BCUT2D eigenvalue weighted by Crippen LogP contribution is -2.12. The van der Waals surface area contributed by atoms with Gasteiger partial charge in [-0.1, -0.05) is 19.9 Å². The number of benzene rings is 1. The normalized spacial score (nSPS) is 22.9. The zero-order chi connectivity index (χ0) is 11.4. The van der Waals surface area contributed by atoms with Crippen molar-refractivity contribution in [2.45, 2.75) is 45.6 Å². The third-order valence-electron chi connectivity index (χ3n) is 3.50. The first-order valence-electron chi connectivity index (χ1n) is 5.33. The zero-order valence-electron chi connectivity index (χ0n) is 9.69. The first-order chi connectivity index (χ1) is 6.84. The lowest BCUT2D eigenvalue weighted by atomic mass is 9.85. The minimum atomic E-state index is -0.509. The second kappa shape index (κ2) is 3.05. The molecule has 0 aromatic heterocycles. The van der Waals surface area contributed by atoms with Crippen LogP contribution in [0.4, 0.5) is 4.39 Å². The van der Waals surface area contributed by atoms with Crippen LogP contribution < -0.4 is 0 Å². The fourth-order valence-electron chi connectivity index (χ4n) is 2.66. The van der Waals surface area contributed by atoms with Crippen molar-refractivity contribution in [2.75, 3.05) is 0 Å². The molecule has 0 fully saturated rings.